The summed E-state index contributed by atoms with van der Waals surface area (Å²) < 4.78 is 14.3. The second kappa shape index (κ2) is 6.19. The molecule has 0 saturated heterocycles. The van der Waals surface area contributed by atoms with Crippen LogP contribution < -0.4 is 5.32 Å². The summed E-state index contributed by atoms with van der Waals surface area (Å²) in [6.45, 7) is 0. The minimum atomic E-state index is -0.407. The Morgan fingerprint density at radius 1 is 1.26 bits per heavy atom. The highest BCUT2D eigenvalue weighted by molar-refractivity contribution is 14.1. The molecular weight excluding hydrogens is 447 g/mol. The minimum absolute atomic E-state index is 0.344. The molecule has 6 heteroatoms. The van der Waals surface area contributed by atoms with E-state index in [0.717, 1.165) is 3.57 Å². The number of benzene rings is 2. The summed E-state index contributed by atoms with van der Waals surface area (Å²) in [6.07, 6.45) is 0. The Bertz CT molecular complexity index is 651. The molecule has 19 heavy (non-hydrogen) atoms. The molecule has 0 saturated carbocycles. The summed E-state index contributed by atoms with van der Waals surface area (Å²) in [4.78, 5) is 12.1. The van der Waals surface area contributed by atoms with Crippen LogP contribution in [0.1, 0.15) is 10.4 Å². The highest BCUT2D eigenvalue weighted by Gasteiger charge is 2.12. The first-order valence-electron chi connectivity index (χ1n) is 5.19. The van der Waals surface area contributed by atoms with E-state index in [0.29, 0.717) is 20.7 Å². The van der Waals surface area contributed by atoms with Crippen molar-refractivity contribution in [3.8, 4) is 0 Å². The molecule has 0 aliphatic carbocycles. The van der Waals surface area contributed by atoms with Crippen molar-refractivity contribution in [1.29, 1.82) is 0 Å². The predicted molar refractivity (Wildman–Crippen MR) is 86.2 cm³/mol. The van der Waals surface area contributed by atoms with Crippen LogP contribution in [0, 0.1) is 9.39 Å². The normalized spacial score (nSPS) is 10.3. The van der Waals surface area contributed by atoms with Gasteiger partial charge >= 0.3 is 0 Å². The van der Waals surface area contributed by atoms with Gasteiger partial charge in [-0.25, -0.2) is 4.39 Å². The monoisotopic (exact) mass is 453 g/mol. The molecular formula is C13H7BrClFINO. The smallest absolute Gasteiger partial charge is 0.256 e. The lowest BCUT2D eigenvalue weighted by Crippen LogP contribution is -2.13. The molecule has 1 N–H and O–H groups in total. The van der Waals surface area contributed by atoms with E-state index in [9.17, 15) is 9.18 Å². The van der Waals surface area contributed by atoms with Crippen LogP contribution in [0.5, 0.6) is 0 Å². The number of nitrogens with one attached hydrogen (secondary N) is 1. The second-order valence-corrected chi connectivity index (χ2v) is 6.21. The first-order chi connectivity index (χ1) is 8.97. The molecule has 2 aromatic carbocycles. The van der Waals surface area contributed by atoms with Crippen LogP contribution in [0.4, 0.5) is 10.1 Å². The van der Waals surface area contributed by atoms with Gasteiger partial charge in [-0.1, -0.05) is 11.6 Å². The fourth-order valence-corrected chi connectivity index (χ4v) is 2.89. The zero-order valence-electron chi connectivity index (χ0n) is 9.38. The van der Waals surface area contributed by atoms with Gasteiger partial charge in [0.05, 0.1) is 16.3 Å². The number of carbonyl (C=O) groups is 1. The maximum atomic E-state index is 13.0. The van der Waals surface area contributed by atoms with E-state index >= 15 is 0 Å². The molecule has 2 nitrogen and oxygen atoms in total. The van der Waals surface area contributed by atoms with Crippen LogP contribution in [0.3, 0.4) is 0 Å². The minimum Gasteiger partial charge on any atom is -0.321 e. The van der Waals surface area contributed by atoms with Gasteiger partial charge in [0, 0.05) is 8.04 Å². The van der Waals surface area contributed by atoms with Crippen molar-refractivity contribution in [2.24, 2.45) is 0 Å². The highest BCUT2D eigenvalue weighted by Crippen LogP contribution is 2.25. The zero-order chi connectivity index (χ0) is 14.0. The van der Waals surface area contributed by atoms with Crippen LogP contribution in [0.2, 0.25) is 5.02 Å². The quantitative estimate of drug-likeness (QED) is 0.629. The molecule has 0 aliphatic rings. The van der Waals surface area contributed by atoms with Crippen molar-refractivity contribution in [3.05, 3.63) is 60.8 Å². The molecule has 1 amide bonds. The van der Waals surface area contributed by atoms with Crippen molar-refractivity contribution < 1.29 is 9.18 Å². The Labute approximate surface area is 136 Å². The summed E-state index contributed by atoms with van der Waals surface area (Å²) in [5.74, 6) is -0.759. The van der Waals surface area contributed by atoms with Gasteiger partial charge in [-0.3, -0.25) is 4.79 Å². The lowest BCUT2D eigenvalue weighted by atomic mass is 10.2. The number of anilines is 1. The molecule has 2 rings (SSSR count). The Hall–Kier alpha value is -0.660. The summed E-state index contributed by atoms with van der Waals surface area (Å²) >= 11 is 11.3. The van der Waals surface area contributed by atoms with E-state index in [4.69, 9.17) is 11.6 Å². The third kappa shape index (κ3) is 3.67. The van der Waals surface area contributed by atoms with E-state index < -0.39 is 5.82 Å². The molecule has 0 unspecified atom stereocenters. The number of halogens is 4. The van der Waals surface area contributed by atoms with Crippen LogP contribution >= 0.6 is 50.1 Å². The van der Waals surface area contributed by atoms with Crippen LogP contribution in [0.15, 0.2) is 40.9 Å². The van der Waals surface area contributed by atoms with Crippen LogP contribution in [-0.4, -0.2) is 5.91 Å². The Balaban J connectivity index is 2.25. The van der Waals surface area contributed by atoms with Gasteiger partial charge < -0.3 is 5.32 Å². The third-order valence-electron chi connectivity index (χ3n) is 2.36. The molecule has 0 atom stereocenters. The first kappa shape index (κ1) is 14.7. The van der Waals surface area contributed by atoms with Gasteiger partial charge in [0.2, 0.25) is 0 Å². The second-order valence-electron chi connectivity index (χ2n) is 3.70. The van der Waals surface area contributed by atoms with Crippen molar-refractivity contribution >= 4 is 61.7 Å². The van der Waals surface area contributed by atoms with Crippen molar-refractivity contribution in [3.63, 3.8) is 0 Å². The lowest BCUT2D eigenvalue weighted by molar-refractivity contribution is 0.102. The molecule has 0 heterocycles. The Morgan fingerprint density at radius 2 is 2.00 bits per heavy atom. The van der Waals surface area contributed by atoms with Crippen LogP contribution in [0.25, 0.3) is 0 Å². The number of amides is 1. The zero-order valence-corrected chi connectivity index (χ0v) is 13.9. The summed E-state index contributed by atoms with van der Waals surface area (Å²) in [5.41, 5.74) is 0.860. The molecule has 0 fully saturated rings. The highest BCUT2D eigenvalue weighted by atomic mass is 127. The molecule has 0 spiro atoms. The number of hydrogen-bond donors (Lipinski definition) is 1. The van der Waals surface area contributed by atoms with E-state index in [1.165, 1.54) is 18.2 Å². The Morgan fingerprint density at radius 3 is 2.63 bits per heavy atom. The predicted octanol–water partition coefficient (Wildman–Crippen LogP) is 5.10. The number of carbonyl (C=O) groups excluding carboxylic acids is 1. The van der Waals surface area contributed by atoms with Crippen molar-refractivity contribution in [2.75, 3.05) is 5.32 Å². The molecule has 0 radical (unpaired) electrons. The molecule has 0 aromatic heterocycles. The van der Waals surface area contributed by atoms with Gasteiger partial charge in [0.1, 0.15) is 5.82 Å². The van der Waals surface area contributed by atoms with Gasteiger partial charge in [0.25, 0.3) is 5.91 Å². The van der Waals surface area contributed by atoms with Gasteiger partial charge in [-0.2, -0.15) is 0 Å². The van der Waals surface area contributed by atoms with Gasteiger partial charge in [-0.05, 0) is 74.9 Å². The maximum Gasteiger partial charge on any atom is 0.256 e. The average molecular weight is 454 g/mol. The van der Waals surface area contributed by atoms with E-state index in [-0.39, 0.29) is 5.91 Å². The molecule has 2 aromatic rings. The maximum absolute atomic E-state index is 13.0. The molecule has 98 valence electrons. The Kier molecular flexibility index (Phi) is 4.81. The number of rotatable bonds is 2. The SMILES string of the molecule is O=C(Nc1ccc(I)cc1Cl)c1ccc(F)cc1Br. The van der Waals surface area contributed by atoms with Gasteiger partial charge in [0.15, 0.2) is 0 Å². The summed E-state index contributed by atoms with van der Waals surface area (Å²) in [7, 11) is 0. The van der Waals surface area contributed by atoms with Crippen molar-refractivity contribution in [2.45, 2.75) is 0 Å². The third-order valence-corrected chi connectivity index (χ3v) is 3.99. The van der Waals surface area contributed by atoms with E-state index in [1.54, 1.807) is 12.1 Å². The van der Waals surface area contributed by atoms with Crippen LogP contribution in [-0.2, 0) is 0 Å². The summed E-state index contributed by atoms with van der Waals surface area (Å²) in [5, 5.41) is 3.14. The number of hydrogen-bond acceptors (Lipinski definition) is 1. The van der Waals surface area contributed by atoms with E-state index in [2.05, 4.69) is 43.8 Å². The first-order valence-corrected chi connectivity index (χ1v) is 7.44. The lowest BCUT2D eigenvalue weighted by Gasteiger charge is -2.09. The largest absolute Gasteiger partial charge is 0.321 e. The van der Waals surface area contributed by atoms with Gasteiger partial charge in [-0.15, -0.1) is 0 Å². The summed E-state index contributed by atoms with van der Waals surface area (Å²) in [6, 6.07) is 9.19. The molecule has 0 aliphatic heterocycles. The van der Waals surface area contributed by atoms with E-state index in [1.807, 2.05) is 6.07 Å². The standard InChI is InChI=1S/C13H7BrClFINO/c14-10-5-7(16)1-3-9(10)13(19)18-12-4-2-8(17)6-11(12)15/h1-6H,(H,18,19). The van der Waals surface area contributed by atoms with Crippen molar-refractivity contribution in [1.82, 2.24) is 0 Å². The fourth-order valence-electron chi connectivity index (χ4n) is 1.45. The average Bonchev–Trinajstić information content (AvgIpc) is 2.32. The molecule has 0 bridgehead atoms. The fraction of sp³-hybridized carbons (Fsp3) is 0. The topological polar surface area (TPSA) is 29.1 Å².